The Morgan fingerprint density at radius 2 is 1.93 bits per heavy atom. The molecular weight excluding hydrogens is 184 g/mol. The summed E-state index contributed by atoms with van der Waals surface area (Å²) in [6.45, 7) is 8.65. The minimum Gasteiger partial charge on any atom is -0.287 e. The predicted molar refractivity (Wildman–Crippen MR) is 64.9 cm³/mol. The zero-order valence-electron chi connectivity index (χ0n) is 10.4. The maximum atomic E-state index is 2.76. The van der Waals surface area contributed by atoms with Crippen LogP contribution in [0.3, 0.4) is 0 Å². The van der Waals surface area contributed by atoms with Crippen LogP contribution < -0.4 is 0 Å². The van der Waals surface area contributed by atoms with Crippen molar-refractivity contribution in [3.63, 3.8) is 0 Å². The van der Waals surface area contributed by atoms with E-state index in [0.717, 1.165) is 6.04 Å². The van der Waals surface area contributed by atoms with Gasteiger partial charge in [0.05, 0.1) is 6.17 Å². The number of hydrogen-bond acceptors (Lipinski definition) is 2. The highest BCUT2D eigenvalue weighted by Crippen LogP contribution is 2.27. The summed E-state index contributed by atoms with van der Waals surface area (Å²) in [5.74, 6) is 0. The Labute approximate surface area is 94.6 Å². The van der Waals surface area contributed by atoms with Gasteiger partial charge in [-0.25, -0.2) is 0 Å². The van der Waals surface area contributed by atoms with E-state index in [2.05, 4.69) is 23.6 Å². The summed E-state index contributed by atoms with van der Waals surface area (Å²) >= 11 is 0. The molecule has 0 aromatic heterocycles. The van der Waals surface area contributed by atoms with Gasteiger partial charge in [-0.2, -0.15) is 0 Å². The molecule has 0 saturated carbocycles. The summed E-state index contributed by atoms with van der Waals surface area (Å²) in [4.78, 5) is 5.44. The fourth-order valence-electron chi connectivity index (χ4n) is 3.26. The number of rotatable bonds is 2. The van der Waals surface area contributed by atoms with Crippen molar-refractivity contribution in [2.75, 3.05) is 19.6 Å². The first kappa shape index (κ1) is 11.4. The molecule has 0 N–H and O–H groups in total. The van der Waals surface area contributed by atoms with Crippen molar-refractivity contribution in [1.82, 2.24) is 9.80 Å². The molecule has 2 nitrogen and oxygen atoms in total. The Morgan fingerprint density at radius 3 is 2.73 bits per heavy atom. The van der Waals surface area contributed by atoms with E-state index in [9.17, 15) is 0 Å². The third kappa shape index (κ3) is 2.54. The van der Waals surface area contributed by atoms with Crippen molar-refractivity contribution >= 4 is 0 Å². The lowest BCUT2D eigenvalue weighted by atomic mass is 10.0. The lowest BCUT2D eigenvalue weighted by Gasteiger charge is -2.30. The van der Waals surface area contributed by atoms with Crippen LogP contribution in [0.5, 0.6) is 0 Å². The molecule has 2 aliphatic heterocycles. The zero-order valence-corrected chi connectivity index (χ0v) is 10.4. The smallest absolute Gasteiger partial charge is 0.0596 e. The molecule has 0 aliphatic carbocycles. The van der Waals surface area contributed by atoms with Crippen molar-refractivity contribution < 1.29 is 0 Å². The van der Waals surface area contributed by atoms with Gasteiger partial charge in [-0.3, -0.25) is 9.80 Å². The van der Waals surface area contributed by atoms with Crippen LogP contribution in [0.1, 0.15) is 52.4 Å². The van der Waals surface area contributed by atoms with E-state index < -0.39 is 0 Å². The average molecular weight is 210 g/mol. The highest BCUT2D eigenvalue weighted by Gasteiger charge is 2.35. The van der Waals surface area contributed by atoms with Crippen LogP contribution in [-0.4, -0.2) is 41.6 Å². The Balaban J connectivity index is 1.96. The fraction of sp³-hybridized carbons (Fsp3) is 1.00. The molecule has 0 bridgehead atoms. The Kier molecular flexibility index (Phi) is 4.04. The van der Waals surface area contributed by atoms with E-state index in [4.69, 9.17) is 0 Å². The van der Waals surface area contributed by atoms with Crippen molar-refractivity contribution in [2.45, 2.75) is 64.6 Å². The van der Waals surface area contributed by atoms with Crippen LogP contribution in [0.25, 0.3) is 0 Å². The van der Waals surface area contributed by atoms with Gasteiger partial charge in [0.25, 0.3) is 0 Å². The van der Waals surface area contributed by atoms with Crippen LogP contribution in [-0.2, 0) is 0 Å². The quantitative estimate of drug-likeness (QED) is 0.691. The van der Waals surface area contributed by atoms with E-state index in [1.54, 1.807) is 0 Å². The van der Waals surface area contributed by atoms with Crippen molar-refractivity contribution in [3.8, 4) is 0 Å². The van der Waals surface area contributed by atoms with Gasteiger partial charge in [-0.15, -0.1) is 0 Å². The monoisotopic (exact) mass is 210 g/mol. The van der Waals surface area contributed by atoms with E-state index >= 15 is 0 Å². The Hall–Kier alpha value is -0.0800. The first-order chi connectivity index (χ1) is 7.33. The highest BCUT2D eigenvalue weighted by atomic mass is 15.4. The molecule has 0 spiro atoms. The standard InChI is InChI=1S/C13H26N2/c1-3-9-14-11-13-8-6-4-5-7-10-15(13)12(14)2/h12-13H,3-11H2,1-2H3. The maximum Gasteiger partial charge on any atom is 0.0596 e. The van der Waals surface area contributed by atoms with Crippen LogP contribution in [0.15, 0.2) is 0 Å². The van der Waals surface area contributed by atoms with E-state index in [0.29, 0.717) is 6.17 Å². The molecule has 2 heteroatoms. The number of fused-ring (bicyclic) bond motifs is 1. The van der Waals surface area contributed by atoms with Gasteiger partial charge < -0.3 is 0 Å². The van der Waals surface area contributed by atoms with Gasteiger partial charge in [0.15, 0.2) is 0 Å². The molecule has 0 aromatic carbocycles. The maximum absolute atomic E-state index is 2.76. The van der Waals surface area contributed by atoms with Gasteiger partial charge in [-0.05, 0) is 39.3 Å². The van der Waals surface area contributed by atoms with Gasteiger partial charge in [-0.1, -0.05) is 26.2 Å². The van der Waals surface area contributed by atoms with Crippen LogP contribution in [0.4, 0.5) is 0 Å². The van der Waals surface area contributed by atoms with Crippen molar-refractivity contribution in [2.24, 2.45) is 0 Å². The third-order valence-corrected chi connectivity index (χ3v) is 4.14. The summed E-state index contributed by atoms with van der Waals surface area (Å²) in [5, 5.41) is 0. The van der Waals surface area contributed by atoms with Gasteiger partial charge >= 0.3 is 0 Å². The van der Waals surface area contributed by atoms with Crippen LogP contribution in [0.2, 0.25) is 0 Å². The molecule has 2 rings (SSSR count). The van der Waals surface area contributed by atoms with E-state index in [1.807, 2.05) is 0 Å². The summed E-state index contributed by atoms with van der Waals surface area (Å²) < 4.78 is 0. The molecule has 2 aliphatic rings. The topological polar surface area (TPSA) is 6.48 Å². The first-order valence-electron chi connectivity index (χ1n) is 6.82. The van der Waals surface area contributed by atoms with E-state index in [1.165, 1.54) is 58.2 Å². The predicted octanol–water partition coefficient (Wildman–Crippen LogP) is 2.69. The summed E-state index contributed by atoms with van der Waals surface area (Å²) in [6, 6.07) is 0.867. The SMILES string of the molecule is CCCN1CC2CCCCCCN2C1C. The second-order valence-corrected chi connectivity index (χ2v) is 5.22. The molecule has 0 amide bonds. The Morgan fingerprint density at radius 1 is 1.13 bits per heavy atom. The largest absolute Gasteiger partial charge is 0.287 e. The average Bonchev–Trinajstić information content (AvgIpc) is 2.45. The molecule has 2 saturated heterocycles. The highest BCUT2D eigenvalue weighted by molar-refractivity contribution is 4.88. The Bertz CT molecular complexity index is 193. The second-order valence-electron chi connectivity index (χ2n) is 5.22. The molecule has 0 radical (unpaired) electrons. The summed E-state index contributed by atoms with van der Waals surface area (Å²) in [5.41, 5.74) is 0. The molecule has 2 atom stereocenters. The molecule has 2 fully saturated rings. The molecule has 15 heavy (non-hydrogen) atoms. The van der Waals surface area contributed by atoms with Gasteiger partial charge in [0, 0.05) is 12.6 Å². The normalized spacial score (nSPS) is 34.8. The second kappa shape index (κ2) is 5.31. The number of hydrogen-bond donors (Lipinski definition) is 0. The van der Waals surface area contributed by atoms with Crippen LogP contribution >= 0.6 is 0 Å². The minimum absolute atomic E-state index is 0.702. The van der Waals surface area contributed by atoms with Crippen LogP contribution in [0, 0.1) is 0 Å². The minimum atomic E-state index is 0.702. The first-order valence-corrected chi connectivity index (χ1v) is 6.82. The summed E-state index contributed by atoms with van der Waals surface area (Å²) in [6.07, 6.45) is 9.22. The number of nitrogens with zero attached hydrogens (tertiary/aromatic N) is 2. The molecule has 0 aromatic rings. The molecule has 88 valence electrons. The lowest BCUT2D eigenvalue weighted by molar-refractivity contribution is 0.126. The van der Waals surface area contributed by atoms with Gasteiger partial charge in [0.2, 0.25) is 0 Å². The fourth-order valence-corrected chi connectivity index (χ4v) is 3.26. The van der Waals surface area contributed by atoms with E-state index in [-0.39, 0.29) is 0 Å². The lowest BCUT2D eigenvalue weighted by Crippen LogP contribution is -2.39. The van der Waals surface area contributed by atoms with Gasteiger partial charge in [0.1, 0.15) is 0 Å². The summed E-state index contributed by atoms with van der Waals surface area (Å²) in [7, 11) is 0. The zero-order chi connectivity index (χ0) is 10.7. The van der Waals surface area contributed by atoms with Crippen molar-refractivity contribution in [3.05, 3.63) is 0 Å². The van der Waals surface area contributed by atoms with Crippen molar-refractivity contribution in [1.29, 1.82) is 0 Å². The molecular formula is C13H26N2. The molecule has 2 unspecified atom stereocenters. The third-order valence-electron chi connectivity index (χ3n) is 4.14. The molecule has 2 heterocycles.